The van der Waals surface area contributed by atoms with E-state index in [1.165, 1.54) is 0 Å². The summed E-state index contributed by atoms with van der Waals surface area (Å²) in [4.78, 5) is 26.1. The molecule has 0 bridgehead atoms. The van der Waals surface area contributed by atoms with E-state index in [1.807, 2.05) is 0 Å². The minimum atomic E-state index is -4.52. The normalized spacial score (nSPS) is 12.0. The predicted molar refractivity (Wildman–Crippen MR) is 67.8 cm³/mol. The molecule has 2 N–H and O–H groups in total. The van der Waals surface area contributed by atoms with Crippen molar-refractivity contribution in [2.45, 2.75) is 12.7 Å². The van der Waals surface area contributed by atoms with Gasteiger partial charge < -0.3 is 10.3 Å². The first-order chi connectivity index (χ1) is 9.34. The molecule has 2 aromatic rings. The number of hydrogen-bond acceptors (Lipinski definition) is 3. The maximum absolute atomic E-state index is 12.6. The van der Waals surface area contributed by atoms with E-state index in [-0.39, 0.29) is 17.4 Å². The Balaban J connectivity index is 2.64. The average molecular weight is 287 g/mol. The lowest BCUT2D eigenvalue weighted by molar-refractivity contribution is -0.137. The molecule has 0 amide bonds. The lowest BCUT2D eigenvalue weighted by Gasteiger charge is -2.09. The third kappa shape index (κ3) is 2.60. The van der Waals surface area contributed by atoms with Gasteiger partial charge in [0.15, 0.2) is 0 Å². The fraction of sp³-hybridized carbons (Fsp3) is 0.333. The van der Waals surface area contributed by atoms with Gasteiger partial charge in [0.25, 0.3) is 5.56 Å². The molecule has 2 rings (SSSR count). The van der Waals surface area contributed by atoms with E-state index in [2.05, 4.69) is 10.3 Å². The lowest BCUT2D eigenvalue weighted by atomic mass is 10.1. The molecule has 0 aliphatic rings. The Morgan fingerprint density at radius 2 is 2.00 bits per heavy atom. The molecule has 1 aromatic heterocycles. The number of aromatic amines is 1. The van der Waals surface area contributed by atoms with E-state index in [4.69, 9.17) is 0 Å². The zero-order valence-corrected chi connectivity index (χ0v) is 10.5. The fourth-order valence-electron chi connectivity index (χ4n) is 1.86. The minimum absolute atomic E-state index is 0.0497. The van der Waals surface area contributed by atoms with Crippen LogP contribution in [0.25, 0.3) is 10.9 Å². The molecule has 108 valence electrons. The number of alkyl halides is 3. The fourth-order valence-corrected chi connectivity index (χ4v) is 1.86. The van der Waals surface area contributed by atoms with E-state index in [0.717, 1.165) is 22.8 Å². The Labute approximate surface area is 111 Å². The molecular formula is C12H12F3N3O2. The molecule has 0 saturated heterocycles. The SMILES string of the molecule is CNCCn1c(=O)[nH]c2cc(C(F)(F)F)ccc2c1=O. The monoisotopic (exact) mass is 287 g/mol. The number of nitrogens with one attached hydrogen (secondary N) is 2. The van der Waals surface area contributed by atoms with Crippen LogP contribution in [0.3, 0.4) is 0 Å². The second kappa shape index (κ2) is 5.12. The summed E-state index contributed by atoms with van der Waals surface area (Å²) in [5.74, 6) is 0. The van der Waals surface area contributed by atoms with E-state index < -0.39 is 23.0 Å². The zero-order chi connectivity index (χ0) is 14.9. The molecule has 0 spiro atoms. The van der Waals surface area contributed by atoms with Gasteiger partial charge in [0.05, 0.1) is 16.5 Å². The molecule has 0 saturated carbocycles. The third-order valence-corrected chi connectivity index (χ3v) is 2.89. The molecule has 0 fully saturated rings. The van der Waals surface area contributed by atoms with Crippen molar-refractivity contribution in [3.63, 3.8) is 0 Å². The number of nitrogens with zero attached hydrogens (tertiary/aromatic N) is 1. The summed E-state index contributed by atoms with van der Waals surface area (Å²) in [5.41, 5.74) is -2.35. The van der Waals surface area contributed by atoms with Gasteiger partial charge >= 0.3 is 11.9 Å². The highest BCUT2D eigenvalue weighted by atomic mass is 19.4. The van der Waals surface area contributed by atoms with E-state index >= 15 is 0 Å². The van der Waals surface area contributed by atoms with Crippen LogP contribution in [0.2, 0.25) is 0 Å². The van der Waals surface area contributed by atoms with Crippen molar-refractivity contribution in [3.8, 4) is 0 Å². The number of rotatable bonds is 3. The number of H-pyrrole nitrogens is 1. The first kappa shape index (κ1) is 14.3. The van der Waals surface area contributed by atoms with Crippen LogP contribution in [0.15, 0.2) is 27.8 Å². The number of hydrogen-bond donors (Lipinski definition) is 2. The number of fused-ring (bicyclic) bond motifs is 1. The minimum Gasteiger partial charge on any atom is -0.318 e. The van der Waals surface area contributed by atoms with Gasteiger partial charge in [0, 0.05) is 13.1 Å². The number of benzene rings is 1. The Hall–Kier alpha value is -2.09. The van der Waals surface area contributed by atoms with Crippen molar-refractivity contribution in [1.82, 2.24) is 14.9 Å². The molecule has 8 heteroatoms. The first-order valence-corrected chi connectivity index (χ1v) is 5.83. The van der Waals surface area contributed by atoms with E-state index in [9.17, 15) is 22.8 Å². The molecule has 1 heterocycles. The van der Waals surface area contributed by atoms with Gasteiger partial charge in [-0.3, -0.25) is 9.36 Å². The van der Waals surface area contributed by atoms with Crippen LogP contribution >= 0.6 is 0 Å². The summed E-state index contributed by atoms with van der Waals surface area (Å²) in [5, 5.41) is 2.84. The van der Waals surface area contributed by atoms with Gasteiger partial charge in [-0.05, 0) is 25.2 Å². The van der Waals surface area contributed by atoms with Gasteiger partial charge in [-0.25, -0.2) is 4.79 Å². The molecule has 0 aliphatic carbocycles. The molecule has 1 aromatic carbocycles. The molecule has 0 aliphatic heterocycles. The van der Waals surface area contributed by atoms with Gasteiger partial charge in [0.2, 0.25) is 0 Å². The van der Waals surface area contributed by atoms with Crippen molar-refractivity contribution in [1.29, 1.82) is 0 Å². The molecule has 0 radical (unpaired) electrons. The second-order valence-corrected chi connectivity index (χ2v) is 4.25. The second-order valence-electron chi connectivity index (χ2n) is 4.25. The standard InChI is InChI=1S/C12H12F3N3O2/c1-16-4-5-18-10(19)8-3-2-7(12(13,14)15)6-9(8)17-11(18)20/h2-3,6,16H,4-5H2,1H3,(H,17,20). The van der Waals surface area contributed by atoms with Crippen LogP contribution in [0, 0.1) is 0 Å². The van der Waals surface area contributed by atoms with Crippen LogP contribution in [0.5, 0.6) is 0 Å². The molecule has 0 atom stereocenters. The van der Waals surface area contributed by atoms with Crippen LogP contribution in [0.4, 0.5) is 13.2 Å². The van der Waals surface area contributed by atoms with E-state index in [1.54, 1.807) is 7.05 Å². The van der Waals surface area contributed by atoms with Gasteiger partial charge in [-0.15, -0.1) is 0 Å². The smallest absolute Gasteiger partial charge is 0.318 e. The number of likely N-dealkylation sites (N-methyl/N-ethyl adjacent to an activating group) is 1. The Morgan fingerprint density at radius 3 is 2.60 bits per heavy atom. The molecule has 0 unspecified atom stereocenters. The summed E-state index contributed by atoms with van der Waals surface area (Å²) in [6.45, 7) is 0.538. The first-order valence-electron chi connectivity index (χ1n) is 5.83. The molecular weight excluding hydrogens is 275 g/mol. The van der Waals surface area contributed by atoms with Crippen molar-refractivity contribution < 1.29 is 13.2 Å². The highest BCUT2D eigenvalue weighted by Crippen LogP contribution is 2.30. The highest BCUT2D eigenvalue weighted by Gasteiger charge is 2.30. The van der Waals surface area contributed by atoms with Crippen LogP contribution in [-0.4, -0.2) is 23.1 Å². The number of halogens is 3. The van der Waals surface area contributed by atoms with Crippen LogP contribution < -0.4 is 16.6 Å². The number of aromatic nitrogens is 2. The van der Waals surface area contributed by atoms with Crippen molar-refractivity contribution in [3.05, 3.63) is 44.6 Å². The summed E-state index contributed by atoms with van der Waals surface area (Å²) in [6.07, 6.45) is -4.52. The molecule has 5 nitrogen and oxygen atoms in total. The van der Waals surface area contributed by atoms with E-state index in [0.29, 0.717) is 6.54 Å². The van der Waals surface area contributed by atoms with Crippen LogP contribution in [-0.2, 0) is 12.7 Å². The lowest BCUT2D eigenvalue weighted by Crippen LogP contribution is -2.37. The highest BCUT2D eigenvalue weighted by molar-refractivity contribution is 5.78. The van der Waals surface area contributed by atoms with Gasteiger partial charge in [-0.2, -0.15) is 13.2 Å². The summed E-state index contributed by atoms with van der Waals surface area (Å²) >= 11 is 0. The van der Waals surface area contributed by atoms with Crippen LogP contribution in [0.1, 0.15) is 5.56 Å². The third-order valence-electron chi connectivity index (χ3n) is 2.89. The largest absolute Gasteiger partial charge is 0.416 e. The van der Waals surface area contributed by atoms with Crippen molar-refractivity contribution >= 4 is 10.9 Å². The Morgan fingerprint density at radius 1 is 1.30 bits per heavy atom. The summed E-state index contributed by atoms with van der Waals surface area (Å²) < 4.78 is 38.7. The molecule has 20 heavy (non-hydrogen) atoms. The average Bonchev–Trinajstić information content (AvgIpc) is 2.37. The maximum Gasteiger partial charge on any atom is 0.416 e. The summed E-state index contributed by atoms with van der Waals surface area (Å²) in [6, 6.07) is 2.66. The Bertz CT molecular complexity index is 746. The summed E-state index contributed by atoms with van der Waals surface area (Å²) in [7, 11) is 1.66. The van der Waals surface area contributed by atoms with Crippen molar-refractivity contribution in [2.24, 2.45) is 0 Å². The quantitative estimate of drug-likeness (QED) is 0.882. The van der Waals surface area contributed by atoms with Gasteiger partial charge in [0.1, 0.15) is 0 Å². The zero-order valence-electron chi connectivity index (χ0n) is 10.5. The van der Waals surface area contributed by atoms with Crippen molar-refractivity contribution in [2.75, 3.05) is 13.6 Å². The predicted octanol–water partition coefficient (Wildman–Crippen LogP) is 0.928. The topological polar surface area (TPSA) is 66.9 Å². The maximum atomic E-state index is 12.6. The van der Waals surface area contributed by atoms with Gasteiger partial charge in [-0.1, -0.05) is 0 Å². The Kier molecular flexibility index (Phi) is 3.67.